The Hall–Kier alpha value is -0.870. The van der Waals surface area contributed by atoms with Gasteiger partial charge in [-0.2, -0.15) is 0 Å². The number of guanidine groups is 1. The molecule has 2 aliphatic rings. The lowest BCUT2D eigenvalue weighted by Gasteiger charge is -2.25. The molecule has 2 bridgehead atoms. The molecule has 8 heteroatoms. The Morgan fingerprint density at radius 1 is 1.48 bits per heavy atom. The van der Waals surface area contributed by atoms with Gasteiger partial charge in [0, 0.05) is 19.0 Å². The van der Waals surface area contributed by atoms with Crippen LogP contribution in [0.2, 0.25) is 0 Å². The van der Waals surface area contributed by atoms with Gasteiger partial charge in [0.05, 0.1) is 24.3 Å². The van der Waals surface area contributed by atoms with E-state index < -0.39 is 0 Å². The molecule has 2 fully saturated rings. The average molecular weight is 478 g/mol. The van der Waals surface area contributed by atoms with Crippen molar-refractivity contribution in [1.82, 2.24) is 15.5 Å². The lowest BCUT2D eigenvalue weighted by Crippen LogP contribution is -2.48. The summed E-state index contributed by atoms with van der Waals surface area (Å²) in [5.41, 5.74) is 0. The van der Waals surface area contributed by atoms with E-state index in [4.69, 9.17) is 4.74 Å². The number of likely N-dealkylation sites (N-methyl/N-ethyl adjacent to an activating group) is 1. The molecule has 2 aliphatic heterocycles. The van der Waals surface area contributed by atoms with Crippen LogP contribution in [0.4, 0.5) is 0 Å². The molecule has 1 amide bonds. The van der Waals surface area contributed by atoms with E-state index in [9.17, 15) is 4.79 Å². The first-order valence-electron chi connectivity index (χ1n) is 8.49. The largest absolute Gasteiger partial charge is 0.373 e. The second kappa shape index (κ2) is 9.18. The van der Waals surface area contributed by atoms with E-state index in [1.807, 2.05) is 6.07 Å². The molecule has 1 aromatic heterocycles. The lowest BCUT2D eigenvalue weighted by molar-refractivity contribution is -0.127. The normalized spacial score (nSPS) is 26.0. The summed E-state index contributed by atoms with van der Waals surface area (Å²) in [5, 5.41) is 8.97. The molecule has 4 atom stereocenters. The molecule has 6 nitrogen and oxygen atoms in total. The van der Waals surface area contributed by atoms with Crippen LogP contribution in [0, 0.1) is 0 Å². The minimum absolute atomic E-state index is 0. The van der Waals surface area contributed by atoms with Crippen LogP contribution < -0.4 is 10.6 Å². The Morgan fingerprint density at radius 3 is 2.84 bits per heavy atom. The summed E-state index contributed by atoms with van der Waals surface area (Å²) in [6.45, 7) is 2.25. The molecule has 0 spiro atoms. The monoisotopic (exact) mass is 478 g/mol. The van der Waals surface area contributed by atoms with Crippen molar-refractivity contribution < 1.29 is 9.53 Å². The van der Waals surface area contributed by atoms with Gasteiger partial charge < -0.3 is 20.3 Å². The highest BCUT2D eigenvalue weighted by molar-refractivity contribution is 14.0. The third kappa shape index (κ3) is 5.30. The quantitative estimate of drug-likeness (QED) is 0.388. The number of rotatable bonds is 5. The highest BCUT2D eigenvalue weighted by Crippen LogP contribution is 2.34. The minimum Gasteiger partial charge on any atom is -0.373 e. The van der Waals surface area contributed by atoms with Crippen molar-refractivity contribution in [3.05, 3.63) is 22.4 Å². The summed E-state index contributed by atoms with van der Waals surface area (Å²) in [6.07, 6.45) is 3.93. The number of nitrogens with one attached hydrogen (secondary N) is 2. The van der Waals surface area contributed by atoms with Gasteiger partial charge in [0.1, 0.15) is 6.54 Å². The van der Waals surface area contributed by atoms with Crippen LogP contribution in [0.1, 0.15) is 37.1 Å². The molecule has 140 valence electrons. The Bertz CT molecular complexity index is 593. The molecule has 4 unspecified atom stereocenters. The smallest absolute Gasteiger partial charge is 0.243 e. The zero-order chi connectivity index (χ0) is 17.1. The number of fused-ring (bicyclic) bond motifs is 2. The Balaban J connectivity index is 0.00000225. The van der Waals surface area contributed by atoms with Crippen LogP contribution >= 0.6 is 35.3 Å². The molecule has 0 saturated carbocycles. The predicted molar refractivity (Wildman–Crippen MR) is 112 cm³/mol. The molecule has 2 N–H and O–H groups in total. The van der Waals surface area contributed by atoms with Crippen LogP contribution in [-0.4, -0.2) is 55.7 Å². The van der Waals surface area contributed by atoms with E-state index in [2.05, 4.69) is 34.0 Å². The maximum Gasteiger partial charge on any atom is 0.243 e. The molecule has 3 rings (SSSR count). The third-order valence-electron chi connectivity index (χ3n) is 4.62. The van der Waals surface area contributed by atoms with E-state index in [0.29, 0.717) is 12.1 Å². The number of nitrogens with zero attached hydrogens (tertiary/aromatic N) is 2. The fourth-order valence-corrected chi connectivity index (χ4v) is 3.93. The number of halogens is 1. The third-order valence-corrected chi connectivity index (χ3v) is 5.68. The van der Waals surface area contributed by atoms with Crippen molar-refractivity contribution in [3.8, 4) is 0 Å². The highest BCUT2D eigenvalue weighted by Gasteiger charge is 2.41. The number of hydrogen-bond acceptors (Lipinski definition) is 4. The van der Waals surface area contributed by atoms with Crippen molar-refractivity contribution in [3.63, 3.8) is 0 Å². The minimum atomic E-state index is -0.0101. The van der Waals surface area contributed by atoms with Gasteiger partial charge in [-0.05, 0) is 37.6 Å². The number of thiophene rings is 1. The zero-order valence-corrected chi connectivity index (χ0v) is 18.0. The first-order chi connectivity index (χ1) is 11.5. The van der Waals surface area contributed by atoms with Crippen molar-refractivity contribution in [2.24, 2.45) is 4.99 Å². The zero-order valence-electron chi connectivity index (χ0n) is 14.9. The summed E-state index contributed by atoms with van der Waals surface area (Å²) >= 11 is 1.71. The topological polar surface area (TPSA) is 66.0 Å². The van der Waals surface area contributed by atoms with Crippen LogP contribution in [0.5, 0.6) is 0 Å². The summed E-state index contributed by atoms with van der Waals surface area (Å²) < 4.78 is 5.91. The molecule has 3 heterocycles. The average Bonchev–Trinajstić information content (AvgIpc) is 3.28. The molecule has 1 aromatic rings. The van der Waals surface area contributed by atoms with Crippen molar-refractivity contribution in [2.75, 3.05) is 20.6 Å². The Labute approximate surface area is 170 Å². The number of amides is 1. The van der Waals surface area contributed by atoms with E-state index in [1.54, 1.807) is 30.3 Å². The second-order valence-electron chi connectivity index (χ2n) is 6.69. The predicted octanol–water partition coefficient (Wildman–Crippen LogP) is 2.37. The molecule has 0 aliphatic carbocycles. The van der Waals surface area contributed by atoms with Gasteiger partial charge in [0.2, 0.25) is 5.91 Å². The van der Waals surface area contributed by atoms with Crippen LogP contribution in [-0.2, 0) is 9.53 Å². The first-order valence-corrected chi connectivity index (χ1v) is 9.37. The molecular weight excluding hydrogens is 451 g/mol. The Kier molecular flexibility index (Phi) is 7.51. The molecule has 0 aromatic carbocycles. The van der Waals surface area contributed by atoms with Gasteiger partial charge in [-0.15, -0.1) is 35.3 Å². The van der Waals surface area contributed by atoms with E-state index in [-0.39, 0.29) is 54.6 Å². The van der Waals surface area contributed by atoms with Gasteiger partial charge >= 0.3 is 0 Å². The van der Waals surface area contributed by atoms with Gasteiger partial charge in [-0.1, -0.05) is 6.07 Å². The number of carbonyl (C=O) groups excluding carboxylic acids is 1. The fraction of sp³-hybridized carbons (Fsp3) is 0.647. The second-order valence-corrected chi connectivity index (χ2v) is 7.67. The fourth-order valence-electron chi connectivity index (χ4n) is 3.20. The van der Waals surface area contributed by atoms with Gasteiger partial charge in [-0.3, -0.25) is 4.79 Å². The number of carbonyl (C=O) groups is 1. The van der Waals surface area contributed by atoms with Crippen molar-refractivity contribution >= 4 is 47.2 Å². The molecular formula is C17H27IN4O2S. The number of hydrogen-bond donors (Lipinski definition) is 2. The lowest BCUT2D eigenvalue weighted by atomic mass is 9.96. The molecule has 0 radical (unpaired) electrons. The Morgan fingerprint density at radius 2 is 2.28 bits per heavy atom. The van der Waals surface area contributed by atoms with Crippen LogP contribution in [0.25, 0.3) is 0 Å². The summed E-state index contributed by atoms with van der Waals surface area (Å²) in [6, 6.07) is 4.57. The highest BCUT2D eigenvalue weighted by atomic mass is 127. The summed E-state index contributed by atoms with van der Waals surface area (Å²) in [4.78, 5) is 19.2. The van der Waals surface area contributed by atoms with E-state index in [1.165, 1.54) is 4.88 Å². The molecule has 2 saturated heterocycles. The SMILES string of the molecule is CC(NC(=NCC(=O)N(C)C)NC1CC2CCC1O2)c1cccs1.I. The van der Waals surface area contributed by atoms with Crippen LogP contribution in [0.15, 0.2) is 22.5 Å². The first kappa shape index (κ1) is 20.4. The maximum absolute atomic E-state index is 11.9. The van der Waals surface area contributed by atoms with Crippen molar-refractivity contribution in [2.45, 2.75) is 50.5 Å². The van der Waals surface area contributed by atoms with Gasteiger partial charge in [-0.25, -0.2) is 4.99 Å². The number of ether oxygens (including phenoxy) is 1. The van der Waals surface area contributed by atoms with Gasteiger partial charge in [0.25, 0.3) is 0 Å². The van der Waals surface area contributed by atoms with Gasteiger partial charge in [0.15, 0.2) is 5.96 Å². The summed E-state index contributed by atoms with van der Waals surface area (Å²) in [7, 11) is 3.49. The van der Waals surface area contributed by atoms with E-state index in [0.717, 1.165) is 19.3 Å². The van der Waals surface area contributed by atoms with E-state index >= 15 is 0 Å². The number of aliphatic imine (C=N–C) groups is 1. The van der Waals surface area contributed by atoms with Crippen LogP contribution in [0.3, 0.4) is 0 Å². The standard InChI is InChI=1S/C17H26N4O2S.HI/c1-11(15-5-4-8-24-15)19-17(18-10-16(22)21(2)3)20-13-9-12-6-7-14(13)23-12;/h4-5,8,11-14H,6-7,9-10H2,1-3H3,(H2,18,19,20);1H. The maximum atomic E-state index is 11.9. The van der Waals surface area contributed by atoms with Crippen molar-refractivity contribution in [1.29, 1.82) is 0 Å². The summed E-state index contributed by atoms with van der Waals surface area (Å²) in [5.74, 6) is 0.677. The molecule has 25 heavy (non-hydrogen) atoms.